The van der Waals surface area contributed by atoms with Crippen LogP contribution in [0.25, 0.3) is 11.3 Å². The second-order valence-corrected chi connectivity index (χ2v) is 9.13. The molecule has 0 bridgehead atoms. The van der Waals surface area contributed by atoms with E-state index in [0.29, 0.717) is 0 Å². The standard InChI is InChI=1S/C15H12BrN3O2S2/c16-14-3-4-15(22-14)23(20,21)19-9-11-5-7-18-13(8-11)12-2-1-6-17-10-12/h1-8,10,19H,9H2. The Kier molecular flexibility index (Phi) is 4.86. The van der Waals surface area contributed by atoms with Gasteiger partial charge in [-0.2, -0.15) is 0 Å². The smallest absolute Gasteiger partial charge is 0.250 e. The molecule has 0 fully saturated rings. The molecular formula is C15H12BrN3O2S2. The number of aromatic nitrogens is 2. The predicted molar refractivity (Wildman–Crippen MR) is 93.5 cm³/mol. The van der Waals surface area contributed by atoms with E-state index < -0.39 is 10.0 Å². The van der Waals surface area contributed by atoms with Crippen molar-refractivity contribution in [2.45, 2.75) is 10.8 Å². The largest absolute Gasteiger partial charge is 0.264 e. The van der Waals surface area contributed by atoms with Crippen LogP contribution < -0.4 is 4.72 Å². The van der Waals surface area contributed by atoms with Crippen molar-refractivity contribution >= 4 is 37.3 Å². The van der Waals surface area contributed by atoms with Gasteiger partial charge in [0, 0.05) is 30.7 Å². The number of hydrogen-bond donors (Lipinski definition) is 1. The third-order valence-electron chi connectivity index (χ3n) is 3.06. The Morgan fingerprint density at radius 2 is 2.04 bits per heavy atom. The first-order valence-electron chi connectivity index (χ1n) is 6.65. The maximum Gasteiger partial charge on any atom is 0.250 e. The van der Waals surface area contributed by atoms with Crippen LogP contribution in [0.5, 0.6) is 0 Å². The van der Waals surface area contributed by atoms with Gasteiger partial charge in [-0.3, -0.25) is 9.97 Å². The summed E-state index contributed by atoms with van der Waals surface area (Å²) >= 11 is 4.44. The summed E-state index contributed by atoms with van der Waals surface area (Å²) in [7, 11) is -3.51. The number of thiophene rings is 1. The predicted octanol–water partition coefficient (Wildman–Crippen LogP) is 3.45. The molecule has 0 aliphatic carbocycles. The Hall–Kier alpha value is -1.61. The van der Waals surface area contributed by atoms with Crippen molar-refractivity contribution in [2.75, 3.05) is 0 Å². The van der Waals surface area contributed by atoms with E-state index >= 15 is 0 Å². The minimum absolute atomic E-state index is 0.202. The van der Waals surface area contributed by atoms with E-state index in [1.807, 2.05) is 18.2 Å². The molecule has 0 aromatic carbocycles. The molecule has 0 aliphatic heterocycles. The minimum Gasteiger partial charge on any atom is -0.264 e. The molecule has 5 nitrogen and oxygen atoms in total. The van der Waals surface area contributed by atoms with Crippen molar-refractivity contribution in [3.05, 3.63) is 64.3 Å². The van der Waals surface area contributed by atoms with Crippen molar-refractivity contribution in [3.8, 4) is 11.3 Å². The van der Waals surface area contributed by atoms with Crippen LogP contribution in [0.2, 0.25) is 0 Å². The average molecular weight is 410 g/mol. The average Bonchev–Trinajstić information content (AvgIpc) is 3.02. The SMILES string of the molecule is O=S(=O)(NCc1ccnc(-c2cccnc2)c1)c1ccc(Br)s1. The molecule has 0 saturated carbocycles. The van der Waals surface area contributed by atoms with Crippen LogP contribution in [0.3, 0.4) is 0 Å². The molecule has 3 rings (SSSR count). The van der Waals surface area contributed by atoms with E-state index in [0.717, 1.165) is 20.6 Å². The third kappa shape index (κ3) is 4.03. The molecule has 0 saturated heterocycles. The topological polar surface area (TPSA) is 72.0 Å². The second kappa shape index (κ2) is 6.88. The molecule has 8 heteroatoms. The van der Waals surface area contributed by atoms with Gasteiger partial charge in [0.15, 0.2) is 0 Å². The van der Waals surface area contributed by atoms with Gasteiger partial charge in [0.1, 0.15) is 4.21 Å². The van der Waals surface area contributed by atoms with Crippen LogP contribution >= 0.6 is 27.3 Å². The number of halogens is 1. The highest BCUT2D eigenvalue weighted by atomic mass is 79.9. The number of pyridine rings is 2. The molecule has 3 aromatic rings. The molecule has 0 amide bonds. The van der Waals surface area contributed by atoms with Crippen LogP contribution in [-0.4, -0.2) is 18.4 Å². The quantitative estimate of drug-likeness (QED) is 0.700. The zero-order chi connectivity index (χ0) is 16.3. The molecule has 0 aliphatic rings. The van der Waals surface area contributed by atoms with Crippen LogP contribution in [0.1, 0.15) is 5.56 Å². The summed E-state index contributed by atoms with van der Waals surface area (Å²) in [6, 6.07) is 10.7. The van der Waals surface area contributed by atoms with Gasteiger partial charge in [-0.25, -0.2) is 13.1 Å². The van der Waals surface area contributed by atoms with Crippen LogP contribution in [0, 0.1) is 0 Å². The lowest BCUT2D eigenvalue weighted by Crippen LogP contribution is -2.22. The van der Waals surface area contributed by atoms with E-state index in [9.17, 15) is 8.42 Å². The number of rotatable bonds is 5. The van der Waals surface area contributed by atoms with Crippen molar-refractivity contribution in [1.82, 2.24) is 14.7 Å². The van der Waals surface area contributed by atoms with Crippen LogP contribution in [-0.2, 0) is 16.6 Å². The molecule has 0 spiro atoms. The molecule has 0 radical (unpaired) electrons. The fraction of sp³-hybridized carbons (Fsp3) is 0.0667. The normalized spacial score (nSPS) is 11.5. The van der Waals surface area contributed by atoms with Gasteiger partial charge in [0.25, 0.3) is 0 Å². The summed E-state index contributed by atoms with van der Waals surface area (Å²) in [6.07, 6.45) is 5.08. The maximum atomic E-state index is 12.2. The van der Waals surface area contributed by atoms with Gasteiger partial charge >= 0.3 is 0 Å². The van der Waals surface area contributed by atoms with Gasteiger partial charge in [-0.1, -0.05) is 0 Å². The summed E-state index contributed by atoms with van der Waals surface area (Å²) in [5.41, 5.74) is 2.48. The third-order valence-corrected chi connectivity index (χ3v) is 6.58. The van der Waals surface area contributed by atoms with Gasteiger partial charge in [0.05, 0.1) is 9.48 Å². The summed E-state index contributed by atoms with van der Waals surface area (Å²) in [6.45, 7) is 0.202. The molecular weight excluding hydrogens is 398 g/mol. The Morgan fingerprint density at radius 1 is 1.17 bits per heavy atom. The molecule has 3 aromatic heterocycles. The van der Waals surface area contributed by atoms with Crippen LogP contribution in [0.4, 0.5) is 0 Å². The highest BCUT2D eigenvalue weighted by Crippen LogP contribution is 2.26. The lowest BCUT2D eigenvalue weighted by molar-refractivity contribution is 0.583. The number of hydrogen-bond acceptors (Lipinski definition) is 5. The fourth-order valence-corrected chi connectivity index (χ4v) is 5.02. The summed E-state index contributed by atoms with van der Waals surface area (Å²) in [4.78, 5) is 8.36. The molecule has 3 heterocycles. The zero-order valence-corrected chi connectivity index (χ0v) is 15.0. The molecule has 0 unspecified atom stereocenters. The van der Waals surface area contributed by atoms with Gasteiger partial charge in [-0.15, -0.1) is 11.3 Å². The van der Waals surface area contributed by atoms with Gasteiger partial charge in [0.2, 0.25) is 10.0 Å². The molecule has 1 N–H and O–H groups in total. The van der Waals surface area contributed by atoms with Crippen molar-refractivity contribution in [1.29, 1.82) is 0 Å². The lowest BCUT2D eigenvalue weighted by Gasteiger charge is -2.06. The molecule has 0 atom stereocenters. The zero-order valence-electron chi connectivity index (χ0n) is 11.8. The first-order valence-corrected chi connectivity index (χ1v) is 9.74. The number of nitrogens with one attached hydrogen (secondary N) is 1. The van der Waals surface area contributed by atoms with Crippen molar-refractivity contribution < 1.29 is 8.42 Å². The summed E-state index contributed by atoms with van der Waals surface area (Å²) < 4.78 is 28.1. The first-order chi connectivity index (χ1) is 11.0. The second-order valence-electron chi connectivity index (χ2n) is 4.67. The Balaban J connectivity index is 1.76. The maximum absolute atomic E-state index is 12.2. The summed E-state index contributed by atoms with van der Waals surface area (Å²) in [5, 5.41) is 0. The molecule has 118 valence electrons. The van der Waals surface area contributed by atoms with E-state index in [1.165, 1.54) is 11.3 Å². The highest BCUT2D eigenvalue weighted by molar-refractivity contribution is 9.11. The monoisotopic (exact) mass is 409 g/mol. The van der Waals surface area contributed by atoms with Crippen LogP contribution in [0.15, 0.2) is 63.0 Å². The van der Waals surface area contributed by atoms with E-state index in [1.54, 1.807) is 36.8 Å². The number of sulfonamides is 1. The highest BCUT2D eigenvalue weighted by Gasteiger charge is 2.16. The Bertz CT molecular complexity index is 911. The first kappa shape index (κ1) is 16.3. The Labute approximate surface area is 146 Å². The minimum atomic E-state index is -3.51. The molecule has 23 heavy (non-hydrogen) atoms. The fourth-order valence-electron chi connectivity index (χ4n) is 1.95. The summed E-state index contributed by atoms with van der Waals surface area (Å²) in [5.74, 6) is 0. The van der Waals surface area contributed by atoms with Gasteiger partial charge < -0.3 is 0 Å². The lowest BCUT2D eigenvalue weighted by atomic mass is 10.1. The van der Waals surface area contributed by atoms with E-state index in [2.05, 4.69) is 30.6 Å². The van der Waals surface area contributed by atoms with Crippen molar-refractivity contribution in [2.24, 2.45) is 0 Å². The van der Waals surface area contributed by atoms with Gasteiger partial charge in [-0.05, 0) is 57.9 Å². The van der Waals surface area contributed by atoms with Crippen molar-refractivity contribution in [3.63, 3.8) is 0 Å². The Morgan fingerprint density at radius 3 is 2.74 bits per heavy atom. The number of nitrogens with zero attached hydrogens (tertiary/aromatic N) is 2. The van der Waals surface area contributed by atoms with E-state index in [4.69, 9.17) is 0 Å². The van der Waals surface area contributed by atoms with E-state index in [-0.39, 0.29) is 10.8 Å².